The molecule has 0 unspecified atom stereocenters. The SMILES string of the molecule is CCOC(=O)C[C@@H](NC(=O)CNC(=O)OCc1ccccc1)NS(=O)(=O)c1ccccc1. The van der Waals surface area contributed by atoms with Crippen LogP contribution in [0.1, 0.15) is 18.9 Å². The Balaban J connectivity index is 1.92. The van der Waals surface area contributed by atoms with Crippen LogP contribution < -0.4 is 15.4 Å². The second-order valence-corrected chi connectivity index (χ2v) is 8.19. The van der Waals surface area contributed by atoms with Gasteiger partial charge in [0.1, 0.15) is 19.3 Å². The third kappa shape index (κ3) is 8.74. The van der Waals surface area contributed by atoms with E-state index in [1.54, 1.807) is 49.4 Å². The third-order valence-corrected chi connectivity index (χ3v) is 5.46. The van der Waals surface area contributed by atoms with Crippen LogP contribution in [-0.2, 0) is 35.7 Å². The van der Waals surface area contributed by atoms with Crippen molar-refractivity contribution in [3.63, 3.8) is 0 Å². The molecule has 3 N–H and O–H groups in total. The predicted molar refractivity (Wildman–Crippen MR) is 115 cm³/mol. The number of rotatable bonds is 11. The maximum absolute atomic E-state index is 12.5. The molecule has 0 spiro atoms. The molecule has 10 nitrogen and oxygen atoms in total. The number of hydrogen-bond acceptors (Lipinski definition) is 7. The highest BCUT2D eigenvalue weighted by Gasteiger charge is 2.24. The van der Waals surface area contributed by atoms with E-state index in [0.29, 0.717) is 0 Å². The average Bonchev–Trinajstić information content (AvgIpc) is 2.77. The van der Waals surface area contributed by atoms with E-state index in [2.05, 4.69) is 15.4 Å². The normalized spacial score (nSPS) is 11.8. The number of carbonyl (C=O) groups excluding carboxylic acids is 3. The lowest BCUT2D eigenvalue weighted by Crippen LogP contribution is -2.51. The van der Waals surface area contributed by atoms with E-state index < -0.39 is 47.1 Å². The number of esters is 1. The fourth-order valence-electron chi connectivity index (χ4n) is 2.54. The number of sulfonamides is 1. The summed E-state index contributed by atoms with van der Waals surface area (Å²) in [4.78, 5) is 35.8. The molecule has 0 saturated carbocycles. The number of amides is 2. The van der Waals surface area contributed by atoms with Crippen molar-refractivity contribution in [2.24, 2.45) is 0 Å². The lowest BCUT2D eigenvalue weighted by molar-refractivity contribution is -0.143. The van der Waals surface area contributed by atoms with Gasteiger partial charge in [0, 0.05) is 0 Å². The van der Waals surface area contributed by atoms with Crippen molar-refractivity contribution in [1.29, 1.82) is 0 Å². The Morgan fingerprint density at radius 2 is 1.56 bits per heavy atom. The van der Waals surface area contributed by atoms with E-state index in [9.17, 15) is 22.8 Å². The Kier molecular flexibility index (Phi) is 9.64. The number of carbonyl (C=O) groups is 3. The van der Waals surface area contributed by atoms with Gasteiger partial charge in [-0.1, -0.05) is 48.5 Å². The first-order valence-corrected chi connectivity index (χ1v) is 11.3. The van der Waals surface area contributed by atoms with Crippen LogP contribution in [-0.4, -0.2) is 45.7 Å². The Morgan fingerprint density at radius 1 is 0.938 bits per heavy atom. The maximum Gasteiger partial charge on any atom is 0.407 e. The van der Waals surface area contributed by atoms with Gasteiger partial charge in [0.15, 0.2) is 0 Å². The van der Waals surface area contributed by atoms with Crippen LogP contribution in [0.3, 0.4) is 0 Å². The summed E-state index contributed by atoms with van der Waals surface area (Å²) in [5, 5.41) is 4.63. The summed E-state index contributed by atoms with van der Waals surface area (Å²) in [6.45, 7) is 1.24. The highest BCUT2D eigenvalue weighted by molar-refractivity contribution is 7.89. The molecule has 2 aromatic carbocycles. The van der Waals surface area contributed by atoms with Gasteiger partial charge in [-0.2, -0.15) is 4.72 Å². The first kappa shape index (κ1) is 24.8. The minimum atomic E-state index is -4.02. The largest absolute Gasteiger partial charge is 0.466 e. The van der Waals surface area contributed by atoms with E-state index in [1.165, 1.54) is 12.1 Å². The van der Waals surface area contributed by atoms with Crippen molar-refractivity contribution in [2.45, 2.75) is 31.0 Å². The van der Waals surface area contributed by atoms with E-state index in [-0.39, 0.29) is 18.1 Å². The summed E-state index contributed by atoms with van der Waals surface area (Å²) in [6.07, 6.45) is -2.55. The standard InChI is InChI=1S/C21H25N3O7S/c1-2-30-20(26)13-18(24-32(28,29)17-11-7-4-8-12-17)23-19(25)14-22-21(27)31-15-16-9-5-3-6-10-16/h3-12,18,24H,2,13-15H2,1H3,(H,22,27)(H,23,25)/t18-/m0/s1. The van der Waals surface area contributed by atoms with Crippen molar-refractivity contribution >= 4 is 28.0 Å². The van der Waals surface area contributed by atoms with Gasteiger partial charge in [-0.3, -0.25) is 9.59 Å². The molecule has 172 valence electrons. The van der Waals surface area contributed by atoms with Crippen LogP contribution >= 0.6 is 0 Å². The summed E-state index contributed by atoms with van der Waals surface area (Å²) >= 11 is 0. The summed E-state index contributed by atoms with van der Waals surface area (Å²) < 4.78 is 37.2. The highest BCUT2D eigenvalue weighted by atomic mass is 32.2. The molecule has 11 heteroatoms. The summed E-state index contributed by atoms with van der Waals surface area (Å²) in [5.41, 5.74) is 0.775. The predicted octanol–water partition coefficient (Wildman–Crippen LogP) is 1.29. The smallest absolute Gasteiger partial charge is 0.407 e. The molecule has 0 heterocycles. The lowest BCUT2D eigenvalue weighted by Gasteiger charge is -2.20. The van der Waals surface area contributed by atoms with Crippen molar-refractivity contribution in [1.82, 2.24) is 15.4 Å². The van der Waals surface area contributed by atoms with Crippen molar-refractivity contribution in [2.75, 3.05) is 13.2 Å². The zero-order valence-electron chi connectivity index (χ0n) is 17.4. The van der Waals surface area contributed by atoms with Gasteiger partial charge in [-0.05, 0) is 24.6 Å². The molecule has 2 aromatic rings. The first-order chi connectivity index (χ1) is 15.3. The van der Waals surface area contributed by atoms with Crippen LogP contribution in [0.25, 0.3) is 0 Å². The molecule has 32 heavy (non-hydrogen) atoms. The fraction of sp³-hybridized carbons (Fsp3) is 0.286. The van der Waals surface area contributed by atoms with Crippen LogP contribution in [0.5, 0.6) is 0 Å². The van der Waals surface area contributed by atoms with Crippen molar-refractivity contribution in [3.05, 3.63) is 66.2 Å². The minimum Gasteiger partial charge on any atom is -0.466 e. The molecule has 0 fully saturated rings. The van der Waals surface area contributed by atoms with E-state index in [4.69, 9.17) is 9.47 Å². The molecular formula is C21H25N3O7S. The molecule has 0 aliphatic carbocycles. The third-order valence-electron chi connectivity index (χ3n) is 3.97. The van der Waals surface area contributed by atoms with Crippen LogP contribution in [0, 0.1) is 0 Å². The zero-order valence-corrected chi connectivity index (χ0v) is 18.3. The van der Waals surface area contributed by atoms with Gasteiger partial charge >= 0.3 is 12.1 Å². The summed E-state index contributed by atoms with van der Waals surface area (Å²) in [7, 11) is -4.02. The number of ether oxygens (including phenoxy) is 2. The van der Waals surface area contributed by atoms with Gasteiger partial charge in [0.2, 0.25) is 15.9 Å². The Bertz CT molecular complexity index is 999. The Labute approximate surface area is 186 Å². The molecule has 2 rings (SSSR count). The molecular weight excluding hydrogens is 438 g/mol. The monoisotopic (exact) mass is 463 g/mol. The number of alkyl carbamates (subject to hydrolysis) is 1. The van der Waals surface area contributed by atoms with E-state index in [1.807, 2.05) is 6.07 Å². The zero-order chi connectivity index (χ0) is 23.4. The molecule has 0 aliphatic rings. The summed E-state index contributed by atoms with van der Waals surface area (Å²) in [5.74, 6) is -1.43. The van der Waals surface area contributed by atoms with Crippen molar-refractivity contribution < 1.29 is 32.3 Å². The number of benzene rings is 2. The van der Waals surface area contributed by atoms with Gasteiger partial charge in [-0.25, -0.2) is 13.2 Å². The topological polar surface area (TPSA) is 140 Å². The van der Waals surface area contributed by atoms with Crippen molar-refractivity contribution in [3.8, 4) is 0 Å². The van der Waals surface area contributed by atoms with E-state index in [0.717, 1.165) is 5.56 Å². The van der Waals surface area contributed by atoms with Gasteiger partial charge in [0.05, 0.1) is 17.9 Å². The summed E-state index contributed by atoms with van der Waals surface area (Å²) in [6, 6.07) is 16.4. The second kappa shape index (κ2) is 12.4. The fourth-order valence-corrected chi connectivity index (χ4v) is 3.70. The molecule has 2 amide bonds. The van der Waals surface area contributed by atoms with Crippen LogP contribution in [0.2, 0.25) is 0 Å². The van der Waals surface area contributed by atoms with Crippen LogP contribution in [0.15, 0.2) is 65.6 Å². The molecule has 1 atom stereocenters. The lowest BCUT2D eigenvalue weighted by atomic mass is 10.2. The highest BCUT2D eigenvalue weighted by Crippen LogP contribution is 2.09. The Hall–Kier alpha value is -3.44. The number of nitrogens with one attached hydrogen (secondary N) is 3. The van der Waals surface area contributed by atoms with Crippen LogP contribution in [0.4, 0.5) is 4.79 Å². The maximum atomic E-state index is 12.5. The first-order valence-electron chi connectivity index (χ1n) is 9.77. The second-order valence-electron chi connectivity index (χ2n) is 6.48. The van der Waals surface area contributed by atoms with Gasteiger partial charge in [-0.15, -0.1) is 0 Å². The molecule has 0 radical (unpaired) electrons. The molecule has 0 aromatic heterocycles. The molecule has 0 bridgehead atoms. The van der Waals surface area contributed by atoms with Gasteiger partial charge in [0.25, 0.3) is 0 Å². The quantitative estimate of drug-likeness (QED) is 0.337. The molecule has 0 saturated heterocycles. The minimum absolute atomic E-state index is 0.0245. The molecule has 0 aliphatic heterocycles. The van der Waals surface area contributed by atoms with E-state index >= 15 is 0 Å². The Morgan fingerprint density at radius 3 is 2.19 bits per heavy atom. The number of hydrogen-bond donors (Lipinski definition) is 3. The van der Waals surface area contributed by atoms with Gasteiger partial charge < -0.3 is 20.1 Å². The average molecular weight is 464 g/mol.